The summed E-state index contributed by atoms with van der Waals surface area (Å²) in [6, 6.07) is 16.2. The highest BCUT2D eigenvalue weighted by atomic mass is 16.5. The molecule has 1 aliphatic rings. The number of hydrogen-bond donors (Lipinski definition) is 1. The summed E-state index contributed by atoms with van der Waals surface area (Å²) in [5.74, 6) is 0.229. The van der Waals surface area contributed by atoms with Gasteiger partial charge in [-0.1, -0.05) is 24.3 Å². The highest BCUT2D eigenvalue weighted by molar-refractivity contribution is 6.12. The Balaban J connectivity index is 1.66. The van der Waals surface area contributed by atoms with Gasteiger partial charge in [-0.15, -0.1) is 0 Å². The zero-order chi connectivity index (χ0) is 22.5. The predicted octanol–water partition coefficient (Wildman–Crippen LogP) is 3.46. The van der Waals surface area contributed by atoms with E-state index in [1.54, 1.807) is 47.6 Å². The van der Waals surface area contributed by atoms with E-state index in [-0.39, 0.29) is 11.6 Å². The maximum absolute atomic E-state index is 13.5. The summed E-state index contributed by atoms with van der Waals surface area (Å²) in [5, 5.41) is 2.78. The molecule has 1 aromatic heterocycles. The van der Waals surface area contributed by atoms with Crippen molar-refractivity contribution in [2.75, 3.05) is 25.7 Å². The second-order valence-corrected chi connectivity index (χ2v) is 7.20. The van der Waals surface area contributed by atoms with E-state index in [0.717, 1.165) is 17.7 Å². The number of nitrogens with one attached hydrogen (secondary N) is 1. The molecule has 0 atom stereocenters. The molecule has 2 heterocycles. The van der Waals surface area contributed by atoms with Gasteiger partial charge in [-0.2, -0.15) is 0 Å². The van der Waals surface area contributed by atoms with Crippen LogP contribution in [-0.4, -0.2) is 37.6 Å². The number of nitrogens with zero attached hydrogens (tertiary/aromatic N) is 2. The number of hydrogen-bond acceptors (Lipinski definition) is 5. The Labute approximate surface area is 186 Å². The highest BCUT2D eigenvalue weighted by Gasteiger charge is 2.28. The molecule has 0 fully saturated rings. The van der Waals surface area contributed by atoms with Gasteiger partial charge in [0, 0.05) is 30.2 Å². The SMILES string of the molecule is COc1ccc(C(=O)NC(=Cc2cccnc2)C(=O)N2CCc3ccccc32)cc1OC. The topological polar surface area (TPSA) is 80.8 Å². The van der Waals surface area contributed by atoms with Crippen LogP contribution in [0.25, 0.3) is 6.08 Å². The summed E-state index contributed by atoms with van der Waals surface area (Å²) in [6.07, 6.45) is 5.69. The first-order valence-electron chi connectivity index (χ1n) is 10.2. The number of rotatable bonds is 6. The van der Waals surface area contributed by atoms with Gasteiger partial charge in [0.25, 0.3) is 11.8 Å². The second kappa shape index (κ2) is 9.34. The second-order valence-electron chi connectivity index (χ2n) is 7.20. The van der Waals surface area contributed by atoms with Crippen molar-refractivity contribution in [2.45, 2.75) is 6.42 Å². The summed E-state index contributed by atoms with van der Waals surface area (Å²) in [4.78, 5) is 32.3. The molecule has 1 N–H and O–H groups in total. The zero-order valence-electron chi connectivity index (χ0n) is 17.9. The lowest BCUT2D eigenvalue weighted by atomic mass is 10.1. The Bertz CT molecular complexity index is 1170. The number of carbonyl (C=O) groups excluding carboxylic acids is 2. The number of fused-ring (bicyclic) bond motifs is 1. The summed E-state index contributed by atoms with van der Waals surface area (Å²) in [6.45, 7) is 0.550. The van der Waals surface area contributed by atoms with Gasteiger partial charge < -0.3 is 19.7 Å². The lowest BCUT2D eigenvalue weighted by Gasteiger charge is -2.20. The van der Waals surface area contributed by atoms with Crippen LogP contribution < -0.4 is 19.7 Å². The maximum Gasteiger partial charge on any atom is 0.274 e. The van der Waals surface area contributed by atoms with E-state index < -0.39 is 5.91 Å². The first kappa shape index (κ1) is 21.1. The van der Waals surface area contributed by atoms with Crippen LogP contribution in [0, 0.1) is 0 Å². The van der Waals surface area contributed by atoms with Crippen molar-refractivity contribution in [3.8, 4) is 11.5 Å². The third-order valence-electron chi connectivity index (χ3n) is 5.25. The van der Waals surface area contributed by atoms with E-state index in [0.29, 0.717) is 29.2 Å². The van der Waals surface area contributed by atoms with Crippen LogP contribution in [0.2, 0.25) is 0 Å². The molecular weight excluding hydrogens is 406 g/mol. The van der Waals surface area contributed by atoms with Crippen LogP contribution in [-0.2, 0) is 11.2 Å². The molecule has 0 unspecified atom stereocenters. The molecule has 7 heteroatoms. The van der Waals surface area contributed by atoms with Gasteiger partial charge in [0.1, 0.15) is 5.70 Å². The summed E-state index contributed by atoms with van der Waals surface area (Å²) in [7, 11) is 3.03. The van der Waals surface area contributed by atoms with Crippen molar-refractivity contribution in [3.05, 3.63) is 89.4 Å². The minimum atomic E-state index is -0.429. The number of carbonyl (C=O) groups is 2. The number of benzene rings is 2. The molecule has 0 saturated carbocycles. The van der Waals surface area contributed by atoms with Gasteiger partial charge >= 0.3 is 0 Å². The molecular formula is C25H23N3O4. The van der Waals surface area contributed by atoms with Crippen LogP contribution in [0.5, 0.6) is 11.5 Å². The Morgan fingerprint density at radius 2 is 1.84 bits per heavy atom. The molecule has 162 valence electrons. The minimum Gasteiger partial charge on any atom is -0.493 e. The molecule has 2 aromatic carbocycles. The highest BCUT2D eigenvalue weighted by Crippen LogP contribution is 2.30. The van der Waals surface area contributed by atoms with Crippen LogP contribution in [0.3, 0.4) is 0 Å². The van der Waals surface area contributed by atoms with Crippen molar-refractivity contribution in [3.63, 3.8) is 0 Å². The molecule has 0 aliphatic carbocycles. The van der Waals surface area contributed by atoms with Gasteiger partial charge in [0.15, 0.2) is 11.5 Å². The molecule has 4 rings (SSSR count). The van der Waals surface area contributed by atoms with E-state index in [2.05, 4.69) is 10.3 Å². The van der Waals surface area contributed by atoms with Crippen molar-refractivity contribution >= 4 is 23.6 Å². The molecule has 0 radical (unpaired) electrons. The molecule has 2 amide bonds. The first-order valence-corrected chi connectivity index (χ1v) is 10.2. The number of ether oxygens (including phenoxy) is 2. The van der Waals surface area contributed by atoms with Gasteiger partial charge in [-0.25, -0.2) is 0 Å². The van der Waals surface area contributed by atoms with Gasteiger partial charge in [0.2, 0.25) is 0 Å². The van der Waals surface area contributed by atoms with Crippen LogP contribution >= 0.6 is 0 Å². The standard InChI is InChI=1S/C25H23N3O4/c1-31-22-10-9-19(15-23(22)32-2)24(29)27-20(14-17-6-5-12-26-16-17)25(30)28-13-11-18-7-3-4-8-21(18)28/h3-10,12,14-16H,11,13H2,1-2H3,(H,27,29). The van der Waals surface area contributed by atoms with Crippen LogP contribution in [0.4, 0.5) is 5.69 Å². The molecule has 3 aromatic rings. The third kappa shape index (κ3) is 4.32. The van der Waals surface area contributed by atoms with Gasteiger partial charge in [0.05, 0.1) is 14.2 Å². The fourth-order valence-corrected chi connectivity index (χ4v) is 3.65. The molecule has 1 aliphatic heterocycles. The number of para-hydroxylation sites is 1. The summed E-state index contributed by atoms with van der Waals surface area (Å²) < 4.78 is 10.5. The zero-order valence-corrected chi connectivity index (χ0v) is 17.9. The van der Waals surface area contributed by atoms with Crippen molar-refractivity contribution < 1.29 is 19.1 Å². The fraction of sp³-hybridized carbons (Fsp3) is 0.160. The quantitative estimate of drug-likeness (QED) is 0.607. The number of methoxy groups -OCH3 is 2. The number of anilines is 1. The van der Waals surface area contributed by atoms with E-state index in [1.807, 2.05) is 30.3 Å². The van der Waals surface area contributed by atoms with Gasteiger partial charge in [-0.3, -0.25) is 14.6 Å². The monoisotopic (exact) mass is 429 g/mol. The Morgan fingerprint density at radius 3 is 2.59 bits per heavy atom. The molecule has 7 nitrogen and oxygen atoms in total. The normalized spacial score (nSPS) is 12.8. The van der Waals surface area contributed by atoms with E-state index in [4.69, 9.17) is 9.47 Å². The predicted molar refractivity (Wildman–Crippen MR) is 122 cm³/mol. The first-order chi connectivity index (χ1) is 15.6. The van der Waals surface area contributed by atoms with E-state index in [1.165, 1.54) is 14.2 Å². The van der Waals surface area contributed by atoms with Crippen molar-refractivity contribution in [2.24, 2.45) is 0 Å². The average Bonchev–Trinajstić information content (AvgIpc) is 3.27. The maximum atomic E-state index is 13.5. The molecule has 0 spiro atoms. The Kier molecular flexibility index (Phi) is 6.17. The van der Waals surface area contributed by atoms with Crippen molar-refractivity contribution in [1.29, 1.82) is 0 Å². The van der Waals surface area contributed by atoms with Crippen molar-refractivity contribution in [1.82, 2.24) is 10.3 Å². The van der Waals surface area contributed by atoms with E-state index >= 15 is 0 Å². The average molecular weight is 429 g/mol. The summed E-state index contributed by atoms with van der Waals surface area (Å²) in [5.41, 5.74) is 3.17. The van der Waals surface area contributed by atoms with Gasteiger partial charge in [-0.05, 0) is 54.0 Å². The third-order valence-corrected chi connectivity index (χ3v) is 5.25. The lowest BCUT2D eigenvalue weighted by Crippen LogP contribution is -2.37. The fourth-order valence-electron chi connectivity index (χ4n) is 3.65. The Morgan fingerprint density at radius 1 is 1.03 bits per heavy atom. The number of aromatic nitrogens is 1. The smallest absolute Gasteiger partial charge is 0.274 e. The molecule has 32 heavy (non-hydrogen) atoms. The lowest BCUT2D eigenvalue weighted by molar-refractivity contribution is -0.115. The molecule has 0 bridgehead atoms. The summed E-state index contributed by atoms with van der Waals surface area (Å²) >= 11 is 0. The minimum absolute atomic E-state index is 0.162. The Hall–Kier alpha value is -4.13. The number of pyridine rings is 1. The largest absolute Gasteiger partial charge is 0.493 e. The van der Waals surface area contributed by atoms with Crippen LogP contribution in [0.1, 0.15) is 21.5 Å². The number of amides is 2. The van der Waals surface area contributed by atoms with Crippen LogP contribution in [0.15, 0.2) is 72.7 Å². The van der Waals surface area contributed by atoms with E-state index in [9.17, 15) is 9.59 Å². The molecule has 0 saturated heterocycles.